The third-order valence-electron chi connectivity index (χ3n) is 4.49. The second-order valence-corrected chi connectivity index (χ2v) is 9.24. The first-order valence-electron chi connectivity index (χ1n) is 9.05. The van der Waals surface area contributed by atoms with Crippen molar-refractivity contribution in [3.8, 4) is 0 Å². The lowest BCUT2D eigenvalue weighted by Gasteiger charge is -2.33. The van der Waals surface area contributed by atoms with Gasteiger partial charge < -0.3 is 10.6 Å². The van der Waals surface area contributed by atoms with Crippen molar-refractivity contribution in [3.05, 3.63) is 35.4 Å². The molecule has 1 atom stereocenters. The van der Waals surface area contributed by atoms with Crippen LogP contribution in [0, 0.1) is 17.0 Å². The van der Waals surface area contributed by atoms with Crippen LogP contribution < -0.4 is 10.6 Å². The quantitative estimate of drug-likeness (QED) is 0.752. The van der Waals surface area contributed by atoms with Gasteiger partial charge in [0.15, 0.2) is 0 Å². The minimum atomic E-state index is -1.79. The molecule has 154 valence electrons. The van der Waals surface area contributed by atoms with Gasteiger partial charge in [-0.1, -0.05) is 20.8 Å². The Morgan fingerprint density at radius 1 is 1.18 bits per heavy atom. The maximum atomic E-state index is 14.2. The lowest BCUT2D eigenvalue weighted by atomic mass is 9.82. The SMILES string of the molecule is CC(C)(C)CC(C)(C)NC(=O)CN1C(=O)N[C@@](C)(c2cc(F)ccc2F)C1=O. The number of urea groups is 1. The average molecular weight is 395 g/mol. The number of imide groups is 1. The van der Waals surface area contributed by atoms with Gasteiger partial charge in [0, 0.05) is 11.1 Å². The summed E-state index contributed by atoms with van der Waals surface area (Å²) in [4.78, 5) is 38.3. The van der Waals surface area contributed by atoms with Gasteiger partial charge in [-0.15, -0.1) is 0 Å². The van der Waals surface area contributed by atoms with Crippen LogP contribution in [0.25, 0.3) is 0 Å². The number of benzene rings is 1. The van der Waals surface area contributed by atoms with Gasteiger partial charge in [-0.05, 0) is 50.8 Å². The summed E-state index contributed by atoms with van der Waals surface area (Å²) in [5, 5.41) is 5.19. The molecule has 1 aromatic rings. The minimum Gasteiger partial charge on any atom is -0.350 e. The molecule has 6 nitrogen and oxygen atoms in total. The van der Waals surface area contributed by atoms with Crippen molar-refractivity contribution in [2.45, 2.75) is 59.0 Å². The van der Waals surface area contributed by atoms with E-state index in [0.717, 1.165) is 18.2 Å². The van der Waals surface area contributed by atoms with Gasteiger partial charge in [0.1, 0.15) is 23.7 Å². The van der Waals surface area contributed by atoms with E-state index in [4.69, 9.17) is 0 Å². The molecule has 1 heterocycles. The van der Waals surface area contributed by atoms with Crippen LogP contribution in [0.5, 0.6) is 0 Å². The lowest BCUT2D eigenvalue weighted by Crippen LogP contribution is -2.50. The van der Waals surface area contributed by atoms with E-state index < -0.39 is 47.1 Å². The molecule has 2 N–H and O–H groups in total. The van der Waals surface area contributed by atoms with Crippen LogP contribution in [0.3, 0.4) is 0 Å². The number of nitrogens with zero attached hydrogens (tertiary/aromatic N) is 1. The normalized spacial score (nSPS) is 20.4. The van der Waals surface area contributed by atoms with Crippen LogP contribution in [-0.4, -0.2) is 34.8 Å². The fraction of sp³-hybridized carbons (Fsp3) is 0.550. The van der Waals surface area contributed by atoms with Crippen LogP contribution in [0.1, 0.15) is 53.5 Å². The highest BCUT2D eigenvalue weighted by Gasteiger charge is 2.51. The highest BCUT2D eigenvalue weighted by Crippen LogP contribution is 2.31. The zero-order chi connectivity index (χ0) is 21.5. The summed E-state index contributed by atoms with van der Waals surface area (Å²) in [5.74, 6) is -2.89. The Morgan fingerprint density at radius 3 is 2.36 bits per heavy atom. The number of carbonyl (C=O) groups is 3. The Kier molecular flexibility index (Phi) is 5.56. The topological polar surface area (TPSA) is 78.5 Å². The Morgan fingerprint density at radius 2 is 1.79 bits per heavy atom. The first-order valence-corrected chi connectivity index (χ1v) is 9.05. The molecule has 8 heteroatoms. The van der Waals surface area contributed by atoms with E-state index in [9.17, 15) is 23.2 Å². The van der Waals surface area contributed by atoms with E-state index in [0.29, 0.717) is 11.3 Å². The second kappa shape index (κ2) is 7.14. The summed E-state index contributed by atoms with van der Waals surface area (Å²) >= 11 is 0. The van der Waals surface area contributed by atoms with Crippen molar-refractivity contribution in [2.75, 3.05) is 6.54 Å². The van der Waals surface area contributed by atoms with Crippen molar-refractivity contribution in [2.24, 2.45) is 5.41 Å². The number of nitrogens with one attached hydrogen (secondary N) is 2. The molecule has 1 aromatic carbocycles. The van der Waals surface area contributed by atoms with Crippen LogP contribution in [0.15, 0.2) is 18.2 Å². The first-order chi connectivity index (χ1) is 12.6. The predicted octanol–water partition coefficient (Wildman–Crippen LogP) is 3.06. The van der Waals surface area contributed by atoms with Gasteiger partial charge in [-0.2, -0.15) is 0 Å². The van der Waals surface area contributed by atoms with Crippen LogP contribution in [0.4, 0.5) is 13.6 Å². The molecule has 4 amide bonds. The summed E-state index contributed by atoms with van der Waals surface area (Å²) in [5.41, 5.74) is -2.66. The highest BCUT2D eigenvalue weighted by atomic mass is 19.1. The Bertz CT molecular complexity index is 817. The largest absolute Gasteiger partial charge is 0.350 e. The van der Waals surface area contributed by atoms with E-state index in [1.54, 1.807) is 0 Å². The Balaban J connectivity index is 2.18. The van der Waals surface area contributed by atoms with Crippen molar-refractivity contribution in [1.29, 1.82) is 0 Å². The van der Waals surface area contributed by atoms with Crippen LogP contribution in [-0.2, 0) is 15.1 Å². The van der Waals surface area contributed by atoms with Gasteiger partial charge in [0.25, 0.3) is 5.91 Å². The number of hydrogen-bond acceptors (Lipinski definition) is 3. The number of halogens is 2. The Hall–Kier alpha value is -2.51. The van der Waals surface area contributed by atoms with E-state index >= 15 is 0 Å². The Labute approximate surface area is 163 Å². The van der Waals surface area contributed by atoms with E-state index in [-0.39, 0.29) is 11.0 Å². The van der Waals surface area contributed by atoms with E-state index in [2.05, 4.69) is 10.6 Å². The summed E-state index contributed by atoms with van der Waals surface area (Å²) in [7, 11) is 0. The first kappa shape index (κ1) is 21.8. The smallest absolute Gasteiger partial charge is 0.325 e. The van der Waals surface area contributed by atoms with Gasteiger partial charge in [0.2, 0.25) is 5.91 Å². The van der Waals surface area contributed by atoms with Gasteiger partial charge >= 0.3 is 6.03 Å². The molecule has 0 bridgehead atoms. The molecule has 0 saturated carbocycles. The molecule has 1 aliphatic rings. The second-order valence-electron chi connectivity index (χ2n) is 9.24. The van der Waals surface area contributed by atoms with Gasteiger partial charge in [-0.3, -0.25) is 14.5 Å². The molecule has 2 rings (SSSR count). The molecule has 0 aromatic heterocycles. The molecule has 1 fully saturated rings. The summed E-state index contributed by atoms with van der Waals surface area (Å²) < 4.78 is 27.7. The molecule has 1 aliphatic heterocycles. The zero-order valence-corrected chi connectivity index (χ0v) is 17.1. The lowest BCUT2D eigenvalue weighted by molar-refractivity contribution is -0.135. The monoisotopic (exact) mass is 395 g/mol. The third kappa shape index (κ3) is 4.66. The van der Waals surface area contributed by atoms with Gasteiger partial charge in [0.05, 0.1) is 0 Å². The maximum Gasteiger partial charge on any atom is 0.325 e. The average Bonchev–Trinajstić information content (AvgIpc) is 2.71. The van der Waals surface area contributed by atoms with Crippen LogP contribution in [0.2, 0.25) is 0 Å². The summed E-state index contributed by atoms with van der Waals surface area (Å²) in [6, 6.07) is 1.84. The van der Waals surface area contributed by atoms with Crippen molar-refractivity contribution < 1.29 is 23.2 Å². The van der Waals surface area contributed by atoms with E-state index in [1.165, 1.54) is 6.92 Å². The number of carbonyl (C=O) groups excluding carboxylic acids is 3. The van der Waals surface area contributed by atoms with E-state index in [1.807, 2.05) is 34.6 Å². The fourth-order valence-electron chi connectivity index (χ4n) is 3.83. The zero-order valence-electron chi connectivity index (χ0n) is 17.1. The fourth-order valence-corrected chi connectivity index (χ4v) is 3.83. The van der Waals surface area contributed by atoms with Crippen molar-refractivity contribution >= 4 is 17.8 Å². The molecule has 0 radical (unpaired) electrons. The number of amides is 4. The molecule has 0 aliphatic carbocycles. The molecular weight excluding hydrogens is 368 g/mol. The standard InChI is InChI=1S/C20H27F2N3O3/c1-18(2,3)11-19(4,5)23-15(26)10-25-16(27)20(6,24-17(25)28)13-9-12(21)7-8-14(13)22/h7-9H,10-11H2,1-6H3,(H,23,26)(H,24,28)/t20-/m0/s1. The molecule has 1 saturated heterocycles. The summed E-state index contributed by atoms with van der Waals surface area (Å²) in [6.45, 7) is 10.6. The number of rotatable bonds is 5. The molecule has 0 unspecified atom stereocenters. The van der Waals surface area contributed by atoms with Crippen molar-refractivity contribution in [3.63, 3.8) is 0 Å². The molecule has 0 spiro atoms. The minimum absolute atomic E-state index is 0.0366. The third-order valence-corrected chi connectivity index (χ3v) is 4.49. The summed E-state index contributed by atoms with van der Waals surface area (Å²) in [6.07, 6.45) is 0.679. The predicted molar refractivity (Wildman–Crippen MR) is 100 cm³/mol. The van der Waals surface area contributed by atoms with Crippen LogP contribution >= 0.6 is 0 Å². The maximum absolute atomic E-state index is 14.2. The van der Waals surface area contributed by atoms with Crippen molar-refractivity contribution in [1.82, 2.24) is 15.5 Å². The molecular formula is C20H27F2N3O3. The highest BCUT2D eigenvalue weighted by molar-refractivity contribution is 6.09. The number of hydrogen-bond donors (Lipinski definition) is 2. The molecule has 28 heavy (non-hydrogen) atoms. The van der Waals surface area contributed by atoms with Gasteiger partial charge in [-0.25, -0.2) is 13.6 Å².